The van der Waals surface area contributed by atoms with Gasteiger partial charge in [0.1, 0.15) is 5.65 Å². The average Bonchev–Trinajstić information content (AvgIpc) is 2.80. The number of benzene rings is 1. The number of pyridine rings is 1. The van der Waals surface area contributed by atoms with Gasteiger partial charge in [0.2, 0.25) is 0 Å². The molecule has 0 radical (unpaired) electrons. The molecule has 3 rings (SSSR count). The van der Waals surface area contributed by atoms with Crippen LogP contribution in [0.15, 0.2) is 42.6 Å². The van der Waals surface area contributed by atoms with Crippen LogP contribution >= 0.6 is 23.2 Å². The summed E-state index contributed by atoms with van der Waals surface area (Å²) in [6.45, 7) is 0.404. The number of hydrogen-bond donors (Lipinski definition) is 1. The van der Waals surface area contributed by atoms with Crippen LogP contribution in [0, 0.1) is 0 Å². The maximum atomic E-state index is 6.06. The fourth-order valence-electron chi connectivity index (χ4n) is 2.12. The highest BCUT2D eigenvalue weighted by Crippen LogP contribution is 2.30. The smallest absolute Gasteiger partial charge is 0.137 e. The molecule has 2 N–H and O–H groups in total. The first-order valence-electron chi connectivity index (χ1n) is 5.82. The standard InChI is InChI=1S/C14H11Cl2N3/c15-10-5-4-9(7-11(10)16)14-12(8-17)19-6-2-1-3-13(19)18-14/h1-7H,8,17H2. The van der Waals surface area contributed by atoms with Crippen molar-refractivity contribution in [1.82, 2.24) is 9.38 Å². The fraction of sp³-hybridized carbons (Fsp3) is 0.0714. The molecule has 0 unspecified atom stereocenters. The Morgan fingerprint density at radius 2 is 1.95 bits per heavy atom. The van der Waals surface area contributed by atoms with Gasteiger partial charge in [0.15, 0.2) is 0 Å². The number of rotatable bonds is 2. The Kier molecular flexibility index (Phi) is 3.19. The van der Waals surface area contributed by atoms with Crippen LogP contribution in [0.25, 0.3) is 16.9 Å². The lowest BCUT2D eigenvalue weighted by Gasteiger charge is -2.03. The second kappa shape index (κ2) is 4.85. The Bertz CT molecular complexity index is 750. The number of nitrogens with zero attached hydrogens (tertiary/aromatic N) is 2. The average molecular weight is 292 g/mol. The first-order valence-corrected chi connectivity index (χ1v) is 6.58. The van der Waals surface area contributed by atoms with Gasteiger partial charge >= 0.3 is 0 Å². The second-order valence-corrected chi connectivity index (χ2v) is 4.98. The van der Waals surface area contributed by atoms with Crippen molar-refractivity contribution >= 4 is 28.8 Å². The zero-order valence-corrected chi connectivity index (χ0v) is 11.5. The summed E-state index contributed by atoms with van der Waals surface area (Å²) in [7, 11) is 0. The third-order valence-electron chi connectivity index (χ3n) is 3.02. The maximum Gasteiger partial charge on any atom is 0.137 e. The monoisotopic (exact) mass is 291 g/mol. The van der Waals surface area contributed by atoms with Crippen molar-refractivity contribution in [3.8, 4) is 11.3 Å². The number of halogens is 2. The van der Waals surface area contributed by atoms with Crippen molar-refractivity contribution < 1.29 is 0 Å². The van der Waals surface area contributed by atoms with Crippen molar-refractivity contribution in [1.29, 1.82) is 0 Å². The number of nitrogens with two attached hydrogens (primary N) is 1. The molecule has 0 atom stereocenters. The van der Waals surface area contributed by atoms with E-state index in [1.165, 1.54) is 0 Å². The van der Waals surface area contributed by atoms with E-state index in [4.69, 9.17) is 28.9 Å². The molecule has 0 amide bonds. The van der Waals surface area contributed by atoms with Gasteiger partial charge in [-0.25, -0.2) is 4.98 Å². The summed E-state index contributed by atoms with van der Waals surface area (Å²) in [6, 6.07) is 11.3. The van der Waals surface area contributed by atoms with Crippen LogP contribution in [-0.4, -0.2) is 9.38 Å². The van der Waals surface area contributed by atoms with Crippen LogP contribution in [0.1, 0.15) is 5.69 Å². The summed E-state index contributed by atoms with van der Waals surface area (Å²) in [4.78, 5) is 4.61. The Morgan fingerprint density at radius 1 is 1.11 bits per heavy atom. The van der Waals surface area contributed by atoms with Crippen molar-refractivity contribution in [3.05, 3.63) is 58.3 Å². The van der Waals surface area contributed by atoms with Crippen LogP contribution in [0.4, 0.5) is 0 Å². The summed E-state index contributed by atoms with van der Waals surface area (Å²) >= 11 is 12.0. The highest BCUT2D eigenvalue weighted by molar-refractivity contribution is 6.42. The zero-order chi connectivity index (χ0) is 13.4. The van der Waals surface area contributed by atoms with Crippen LogP contribution in [0.3, 0.4) is 0 Å². The van der Waals surface area contributed by atoms with E-state index in [2.05, 4.69) is 4.98 Å². The molecule has 19 heavy (non-hydrogen) atoms. The Hall–Kier alpha value is -1.55. The van der Waals surface area contributed by atoms with Crippen LogP contribution in [0.2, 0.25) is 10.0 Å². The largest absolute Gasteiger partial charge is 0.325 e. The van der Waals surface area contributed by atoms with Gasteiger partial charge < -0.3 is 10.1 Å². The molecule has 0 bridgehead atoms. The Balaban J connectivity index is 2.26. The molecule has 0 fully saturated rings. The minimum Gasteiger partial charge on any atom is -0.325 e. The van der Waals surface area contributed by atoms with E-state index in [1.54, 1.807) is 6.07 Å². The van der Waals surface area contributed by atoms with Crippen molar-refractivity contribution in [2.45, 2.75) is 6.54 Å². The Labute approximate surface area is 120 Å². The second-order valence-electron chi connectivity index (χ2n) is 4.17. The van der Waals surface area contributed by atoms with Gasteiger partial charge in [-0.05, 0) is 24.3 Å². The number of aromatic nitrogens is 2. The third-order valence-corrected chi connectivity index (χ3v) is 3.75. The summed E-state index contributed by atoms with van der Waals surface area (Å²) in [5.74, 6) is 0. The minimum atomic E-state index is 0.404. The van der Waals surface area contributed by atoms with E-state index < -0.39 is 0 Å². The van der Waals surface area contributed by atoms with Crippen LogP contribution in [-0.2, 0) is 6.54 Å². The quantitative estimate of drug-likeness (QED) is 0.781. The molecule has 3 aromatic rings. The highest BCUT2D eigenvalue weighted by atomic mass is 35.5. The van der Waals surface area contributed by atoms with E-state index in [0.29, 0.717) is 16.6 Å². The predicted octanol–water partition coefficient (Wildman–Crippen LogP) is 3.77. The highest BCUT2D eigenvalue weighted by Gasteiger charge is 2.13. The summed E-state index contributed by atoms with van der Waals surface area (Å²) < 4.78 is 1.98. The van der Waals surface area contributed by atoms with Crippen molar-refractivity contribution in [2.24, 2.45) is 5.73 Å². The number of imidazole rings is 1. The van der Waals surface area contributed by atoms with Crippen molar-refractivity contribution in [2.75, 3.05) is 0 Å². The SMILES string of the molecule is NCc1c(-c2ccc(Cl)c(Cl)c2)nc2ccccn12. The lowest BCUT2D eigenvalue weighted by molar-refractivity contribution is 0.962. The van der Waals surface area contributed by atoms with E-state index in [-0.39, 0.29) is 0 Å². The van der Waals surface area contributed by atoms with Gasteiger partial charge in [0.05, 0.1) is 21.4 Å². The van der Waals surface area contributed by atoms with E-state index >= 15 is 0 Å². The van der Waals surface area contributed by atoms with E-state index in [0.717, 1.165) is 22.6 Å². The maximum absolute atomic E-state index is 6.06. The lowest BCUT2D eigenvalue weighted by atomic mass is 10.1. The van der Waals surface area contributed by atoms with Crippen molar-refractivity contribution in [3.63, 3.8) is 0 Å². The molecular weight excluding hydrogens is 281 g/mol. The van der Waals surface area contributed by atoms with Gasteiger partial charge in [-0.15, -0.1) is 0 Å². The summed E-state index contributed by atoms with van der Waals surface area (Å²) in [6.07, 6.45) is 1.95. The topological polar surface area (TPSA) is 43.3 Å². The molecular formula is C14H11Cl2N3. The fourth-order valence-corrected chi connectivity index (χ4v) is 2.41. The molecule has 3 nitrogen and oxygen atoms in total. The van der Waals surface area contributed by atoms with Gasteiger partial charge in [0.25, 0.3) is 0 Å². The van der Waals surface area contributed by atoms with Gasteiger partial charge in [0, 0.05) is 18.3 Å². The van der Waals surface area contributed by atoms with E-state index in [1.807, 2.05) is 40.9 Å². The van der Waals surface area contributed by atoms with Crippen LogP contribution in [0.5, 0.6) is 0 Å². The minimum absolute atomic E-state index is 0.404. The molecule has 96 valence electrons. The third kappa shape index (κ3) is 2.10. The molecule has 0 aliphatic carbocycles. The van der Waals surface area contributed by atoms with Gasteiger partial charge in [-0.1, -0.05) is 35.3 Å². The normalized spacial score (nSPS) is 11.1. The predicted molar refractivity (Wildman–Crippen MR) is 78.5 cm³/mol. The molecule has 0 spiro atoms. The first-order chi connectivity index (χ1) is 9.20. The van der Waals surface area contributed by atoms with Gasteiger partial charge in [-0.2, -0.15) is 0 Å². The molecule has 5 heteroatoms. The number of fused-ring (bicyclic) bond motifs is 1. The molecule has 0 aliphatic heterocycles. The molecule has 0 saturated carbocycles. The molecule has 2 aromatic heterocycles. The molecule has 1 aromatic carbocycles. The summed E-state index contributed by atoms with van der Waals surface area (Å²) in [5, 5.41) is 1.04. The zero-order valence-electron chi connectivity index (χ0n) is 9.98. The molecule has 2 heterocycles. The molecule has 0 saturated heterocycles. The summed E-state index contributed by atoms with van der Waals surface area (Å²) in [5.41, 5.74) is 9.42. The van der Waals surface area contributed by atoms with Crippen LogP contribution < -0.4 is 5.73 Å². The number of hydrogen-bond acceptors (Lipinski definition) is 2. The first kappa shape index (κ1) is 12.5. The lowest BCUT2D eigenvalue weighted by Crippen LogP contribution is -2.02. The van der Waals surface area contributed by atoms with E-state index in [9.17, 15) is 0 Å². The van der Waals surface area contributed by atoms with Gasteiger partial charge in [-0.3, -0.25) is 0 Å². The molecule has 0 aliphatic rings. The Morgan fingerprint density at radius 3 is 2.68 bits per heavy atom.